The maximum atomic E-state index is 9.71. The average molecular weight is 248 g/mol. The van der Waals surface area contributed by atoms with Crippen molar-refractivity contribution in [1.82, 2.24) is 0 Å². The highest BCUT2D eigenvalue weighted by Crippen LogP contribution is 2.35. The zero-order chi connectivity index (χ0) is 13.0. The van der Waals surface area contributed by atoms with Crippen LogP contribution in [0.2, 0.25) is 0 Å². The van der Waals surface area contributed by atoms with E-state index in [-0.39, 0.29) is 12.2 Å². The highest BCUT2D eigenvalue weighted by atomic mass is 16.5. The number of benzene rings is 1. The molecule has 0 amide bonds. The van der Waals surface area contributed by atoms with Gasteiger partial charge in [0.2, 0.25) is 0 Å². The maximum absolute atomic E-state index is 9.71. The molecule has 0 aliphatic heterocycles. The van der Waals surface area contributed by atoms with Crippen molar-refractivity contribution in [2.45, 2.75) is 57.5 Å². The molecule has 1 saturated carbocycles. The van der Waals surface area contributed by atoms with E-state index in [0.29, 0.717) is 5.92 Å². The Morgan fingerprint density at radius 3 is 2.44 bits per heavy atom. The third-order valence-electron chi connectivity index (χ3n) is 3.92. The number of hydrogen-bond donors (Lipinski definition) is 1. The van der Waals surface area contributed by atoms with E-state index in [4.69, 9.17) is 4.74 Å². The standard InChI is InChI=1S/C16H24O2/c1-13(2)14-8-4-5-9-15(14)18-16(12-17)10-6-3-7-11-16/h4-5,8-9,13,17H,3,6-7,10-12H2,1-2H3. The molecule has 0 saturated heterocycles. The van der Waals surface area contributed by atoms with Crippen LogP contribution < -0.4 is 4.74 Å². The molecule has 0 atom stereocenters. The highest BCUT2D eigenvalue weighted by Gasteiger charge is 2.34. The molecule has 2 heteroatoms. The zero-order valence-electron chi connectivity index (χ0n) is 11.5. The van der Waals surface area contributed by atoms with Crippen LogP contribution in [0.4, 0.5) is 0 Å². The van der Waals surface area contributed by atoms with E-state index < -0.39 is 0 Å². The topological polar surface area (TPSA) is 29.5 Å². The number of hydrogen-bond acceptors (Lipinski definition) is 2. The minimum Gasteiger partial charge on any atom is -0.485 e. The van der Waals surface area contributed by atoms with Gasteiger partial charge >= 0.3 is 0 Å². The molecule has 1 fully saturated rings. The first-order valence-electron chi connectivity index (χ1n) is 7.06. The molecule has 0 bridgehead atoms. The summed E-state index contributed by atoms with van der Waals surface area (Å²) in [6, 6.07) is 8.21. The lowest BCUT2D eigenvalue weighted by molar-refractivity contribution is -0.0205. The van der Waals surface area contributed by atoms with Crippen LogP contribution in [0.15, 0.2) is 24.3 Å². The predicted molar refractivity (Wildman–Crippen MR) is 74.1 cm³/mol. The molecule has 2 nitrogen and oxygen atoms in total. The molecule has 0 radical (unpaired) electrons. The van der Waals surface area contributed by atoms with Gasteiger partial charge in [-0.05, 0) is 43.2 Å². The van der Waals surface area contributed by atoms with Gasteiger partial charge < -0.3 is 9.84 Å². The molecule has 0 unspecified atom stereocenters. The van der Waals surface area contributed by atoms with Crippen LogP contribution in [0.3, 0.4) is 0 Å². The van der Waals surface area contributed by atoms with Gasteiger partial charge in [0.25, 0.3) is 0 Å². The minimum absolute atomic E-state index is 0.124. The van der Waals surface area contributed by atoms with E-state index in [1.54, 1.807) is 0 Å². The Balaban J connectivity index is 2.21. The fourth-order valence-corrected chi connectivity index (χ4v) is 2.77. The van der Waals surface area contributed by atoms with E-state index in [9.17, 15) is 5.11 Å². The average Bonchev–Trinajstić information content (AvgIpc) is 2.40. The SMILES string of the molecule is CC(C)c1ccccc1OC1(CO)CCCCC1. The minimum atomic E-state index is -0.344. The fourth-order valence-electron chi connectivity index (χ4n) is 2.77. The molecular formula is C16H24O2. The monoisotopic (exact) mass is 248 g/mol. The third-order valence-corrected chi connectivity index (χ3v) is 3.92. The largest absolute Gasteiger partial charge is 0.485 e. The van der Waals surface area contributed by atoms with Crippen LogP contribution in [0.5, 0.6) is 5.75 Å². The van der Waals surface area contributed by atoms with Crippen molar-refractivity contribution in [1.29, 1.82) is 0 Å². The molecule has 100 valence electrons. The van der Waals surface area contributed by atoms with Crippen molar-refractivity contribution in [3.63, 3.8) is 0 Å². The summed E-state index contributed by atoms with van der Waals surface area (Å²) in [5.74, 6) is 1.39. The van der Waals surface area contributed by atoms with Gasteiger partial charge in [-0.2, -0.15) is 0 Å². The third kappa shape index (κ3) is 2.86. The lowest BCUT2D eigenvalue weighted by Crippen LogP contribution is -2.42. The molecule has 2 rings (SSSR count). The van der Waals surface area contributed by atoms with Gasteiger partial charge in [0.15, 0.2) is 0 Å². The van der Waals surface area contributed by atoms with Crippen LogP contribution in [0, 0.1) is 0 Å². The summed E-state index contributed by atoms with van der Waals surface area (Å²) in [6.45, 7) is 4.47. The number of para-hydroxylation sites is 1. The molecule has 0 aromatic heterocycles. The van der Waals surface area contributed by atoms with E-state index in [0.717, 1.165) is 31.4 Å². The van der Waals surface area contributed by atoms with Gasteiger partial charge in [0, 0.05) is 0 Å². The quantitative estimate of drug-likeness (QED) is 0.876. The van der Waals surface area contributed by atoms with Crippen molar-refractivity contribution < 1.29 is 9.84 Å². The fraction of sp³-hybridized carbons (Fsp3) is 0.625. The van der Waals surface area contributed by atoms with Gasteiger partial charge in [0.05, 0.1) is 6.61 Å². The van der Waals surface area contributed by atoms with Crippen LogP contribution in [0.1, 0.15) is 57.4 Å². The van der Waals surface area contributed by atoms with E-state index in [1.807, 2.05) is 12.1 Å². The normalized spacial score (nSPS) is 18.9. The predicted octanol–water partition coefficient (Wildman–Crippen LogP) is 3.88. The Hall–Kier alpha value is -1.02. The second-order valence-electron chi connectivity index (χ2n) is 5.70. The molecule has 0 spiro atoms. The van der Waals surface area contributed by atoms with Crippen molar-refractivity contribution >= 4 is 0 Å². The summed E-state index contributed by atoms with van der Waals surface area (Å²) in [5, 5.41) is 9.71. The lowest BCUT2D eigenvalue weighted by Gasteiger charge is -2.37. The summed E-state index contributed by atoms with van der Waals surface area (Å²) in [5.41, 5.74) is 0.888. The second-order valence-corrected chi connectivity index (χ2v) is 5.70. The Kier molecular flexibility index (Phi) is 4.28. The molecule has 1 aliphatic carbocycles. The molecule has 1 aromatic rings. The van der Waals surface area contributed by atoms with Crippen LogP contribution in [-0.2, 0) is 0 Å². The van der Waals surface area contributed by atoms with Gasteiger partial charge in [-0.25, -0.2) is 0 Å². The molecule has 1 N–H and O–H groups in total. The number of aliphatic hydroxyl groups excluding tert-OH is 1. The number of ether oxygens (including phenoxy) is 1. The van der Waals surface area contributed by atoms with Crippen molar-refractivity contribution in [2.75, 3.05) is 6.61 Å². The maximum Gasteiger partial charge on any atom is 0.132 e. The van der Waals surface area contributed by atoms with Crippen molar-refractivity contribution in [3.8, 4) is 5.75 Å². The van der Waals surface area contributed by atoms with E-state index in [2.05, 4.69) is 26.0 Å². The van der Waals surface area contributed by atoms with E-state index >= 15 is 0 Å². The van der Waals surface area contributed by atoms with Crippen molar-refractivity contribution in [2.24, 2.45) is 0 Å². The number of aliphatic hydroxyl groups is 1. The molecular weight excluding hydrogens is 224 g/mol. The highest BCUT2D eigenvalue weighted by molar-refractivity contribution is 5.36. The van der Waals surface area contributed by atoms with Crippen LogP contribution >= 0.6 is 0 Å². The summed E-state index contributed by atoms with van der Waals surface area (Å²) < 4.78 is 6.23. The summed E-state index contributed by atoms with van der Waals surface area (Å²) >= 11 is 0. The summed E-state index contributed by atoms with van der Waals surface area (Å²) in [7, 11) is 0. The van der Waals surface area contributed by atoms with Crippen LogP contribution in [-0.4, -0.2) is 17.3 Å². The van der Waals surface area contributed by atoms with Crippen LogP contribution in [0.25, 0.3) is 0 Å². The smallest absolute Gasteiger partial charge is 0.132 e. The Morgan fingerprint density at radius 1 is 1.17 bits per heavy atom. The first kappa shape index (κ1) is 13.4. The molecule has 1 aliphatic rings. The van der Waals surface area contributed by atoms with Crippen molar-refractivity contribution in [3.05, 3.63) is 29.8 Å². The Labute approximate surface area is 110 Å². The molecule has 18 heavy (non-hydrogen) atoms. The lowest BCUT2D eigenvalue weighted by atomic mass is 9.85. The van der Waals surface area contributed by atoms with Gasteiger partial charge in [-0.15, -0.1) is 0 Å². The zero-order valence-corrected chi connectivity index (χ0v) is 11.5. The second kappa shape index (κ2) is 5.75. The number of rotatable bonds is 4. The molecule has 1 aromatic carbocycles. The Bertz CT molecular complexity index is 378. The van der Waals surface area contributed by atoms with Gasteiger partial charge in [-0.1, -0.05) is 38.5 Å². The van der Waals surface area contributed by atoms with E-state index in [1.165, 1.54) is 12.0 Å². The van der Waals surface area contributed by atoms with Gasteiger partial charge in [0.1, 0.15) is 11.4 Å². The first-order chi connectivity index (χ1) is 8.67. The summed E-state index contributed by atoms with van der Waals surface area (Å²) in [4.78, 5) is 0. The Morgan fingerprint density at radius 2 is 1.83 bits per heavy atom. The first-order valence-corrected chi connectivity index (χ1v) is 7.06. The van der Waals surface area contributed by atoms with Gasteiger partial charge in [-0.3, -0.25) is 0 Å². The molecule has 0 heterocycles. The summed E-state index contributed by atoms with van der Waals surface area (Å²) in [6.07, 6.45) is 5.51.